The van der Waals surface area contributed by atoms with Crippen LogP contribution < -0.4 is 74.3 Å². The average molecular weight is 709 g/mol. The molecule has 0 atom stereocenters. The molecule has 0 fully saturated rings. The van der Waals surface area contributed by atoms with Crippen LogP contribution in [0.15, 0.2) is 63.7 Å². The topological polar surface area (TPSA) is 216 Å². The molecule has 2 N–H and O–H groups in total. The van der Waals surface area contributed by atoms with E-state index >= 15 is 0 Å². The fourth-order valence-corrected chi connectivity index (χ4v) is 4.76. The van der Waals surface area contributed by atoms with Gasteiger partial charge in [0, 0.05) is 5.69 Å². The molecular weight excluding hydrogens is 695 g/mol. The van der Waals surface area contributed by atoms with Crippen LogP contribution in [0.5, 0.6) is 11.5 Å². The van der Waals surface area contributed by atoms with Gasteiger partial charge in [-0.05, 0) is 64.8 Å². The van der Waals surface area contributed by atoms with Crippen molar-refractivity contribution < 1.29 is 99.1 Å². The number of hydrogen-bond donors (Lipinski definition) is 2. The number of rotatable bonds is 10. The second-order valence-electron chi connectivity index (χ2n) is 7.81. The van der Waals surface area contributed by atoms with Gasteiger partial charge in [0.25, 0.3) is 0 Å². The Labute approximate surface area is 304 Å². The van der Waals surface area contributed by atoms with E-state index in [1.807, 2.05) is 0 Å². The molecule has 0 radical (unpaired) electrons. The van der Waals surface area contributed by atoms with Gasteiger partial charge < -0.3 is 19.7 Å². The van der Waals surface area contributed by atoms with Crippen molar-refractivity contribution in [2.45, 2.75) is 4.90 Å². The van der Waals surface area contributed by atoms with Crippen LogP contribution in [0.3, 0.4) is 0 Å². The Hall–Kier alpha value is -1.35. The minimum atomic E-state index is -5.16. The van der Waals surface area contributed by atoms with Crippen LogP contribution in [-0.4, -0.2) is 49.1 Å². The van der Waals surface area contributed by atoms with Gasteiger partial charge in [-0.1, -0.05) is 35.0 Å². The smallest absolute Gasteiger partial charge is 0.871 e. The zero-order valence-electron chi connectivity index (χ0n) is 22.0. The SMILES string of the molecule is O=S(=O)(O)OCCOc1ccc(N=Nc2c(S(=O)(=O)[O-])cc3cc(Nc4nc(Cl)nc(Cl)c4Cl)ccc3c2[O-])cc1.[Na+].[Na+]. The van der Waals surface area contributed by atoms with Crippen molar-refractivity contribution in [1.29, 1.82) is 0 Å². The van der Waals surface area contributed by atoms with Gasteiger partial charge >= 0.3 is 69.5 Å². The minimum Gasteiger partial charge on any atom is -0.871 e. The molecule has 1 aromatic heterocycles. The van der Waals surface area contributed by atoms with Crippen molar-refractivity contribution in [3.8, 4) is 11.5 Å². The van der Waals surface area contributed by atoms with Gasteiger partial charge in [0.15, 0.2) is 11.0 Å². The van der Waals surface area contributed by atoms with E-state index in [0.717, 1.165) is 6.07 Å². The third-order valence-electron chi connectivity index (χ3n) is 5.03. The molecule has 0 aliphatic rings. The van der Waals surface area contributed by atoms with Crippen molar-refractivity contribution in [3.63, 3.8) is 0 Å². The molecule has 1 heterocycles. The first kappa shape index (κ1) is 37.8. The number of nitrogens with one attached hydrogen (secondary N) is 1. The molecule has 21 heteroatoms. The molecular formula is C22H14Cl3N5Na2O9S2. The minimum absolute atomic E-state index is 0. The maximum absolute atomic E-state index is 13.2. The average Bonchev–Trinajstić information content (AvgIpc) is 2.88. The second-order valence-corrected chi connectivity index (χ2v) is 11.3. The van der Waals surface area contributed by atoms with Crippen LogP contribution in [0.25, 0.3) is 10.8 Å². The molecule has 216 valence electrons. The van der Waals surface area contributed by atoms with Crippen molar-refractivity contribution in [3.05, 3.63) is 64.0 Å². The standard InChI is InChI=1S/C22H16Cl3N5O9S2.2Na/c23-17-20(24)27-22(25)28-21(17)26-13-3-6-15-11(9-13)10-16(40(32,33)34)18(19(15)31)30-29-12-1-4-14(5-2-12)38-7-8-39-41(35,36)37;;/h1-6,9-10,31H,7-8H2,(H,26,27,28)(H,32,33,34)(H,35,36,37);;/q;2*+1/p-2. The number of azo groups is 1. The Bertz CT molecular complexity index is 1890. The first-order valence-electron chi connectivity index (χ1n) is 10.9. The van der Waals surface area contributed by atoms with Crippen LogP contribution in [0.1, 0.15) is 0 Å². The number of hydrogen-bond acceptors (Lipinski definition) is 13. The Morgan fingerprint density at radius 1 is 0.930 bits per heavy atom. The maximum atomic E-state index is 13.2. The van der Waals surface area contributed by atoms with Gasteiger partial charge in [-0.3, -0.25) is 4.55 Å². The molecule has 3 aromatic carbocycles. The monoisotopic (exact) mass is 707 g/mol. The number of nitrogens with zero attached hydrogens (tertiary/aromatic N) is 4. The molecule has 4 rings (SSSR count). The van der Waals surface area contributed by atoms with E-state index in [0.29, 0.717) is 5.69 Å². The summed E-state index contributed by atoms with van der Waals surface area (Å²) >= 11 is 17.8. The van der Waals surface area contributed by atoms with E-state index in [1.165, 1.54) is 42.5 Å². The molecule has 0 saturated heterocycles. The van der Waals surface area contributed by atoms with Crippen LogP contribution >= 0.6 is 34.8 Å². The number of benzene rings is 3. The zero-order chi connectivity index (χ0) is 29.9. The van der Waals surface area contributed by atoms with E-state index in [-0.39, 0.29) is 109 Å². The number of aromatic nitrogens is 2. The molecule has 0 spiro atoms. The van der Waals surface area contributed by atoms with E-state index in [1.54, 1.807) is 0 Å². The van der Waals surface area contributed by atoms with Gasteiger partial charge in [0.1, 0.15) is 34.1 Å². The van der Waals surface area contributed by atoms with Crippen LogP contribution in [0, 0.1) is 0 Å². The maximum Gasteiger partial charge on any atom is 1.00 e. The predicted octanol–water partition coefficient (Wildman–Crippen LogP) is -1.07. The fourth-order valence-electron chi connectivity index (χ4n) is 3.33. The zero-order valence-corrected chi connectivity index (χ0v) is 29.9. The van der Waals surface area contributed by atoms with E-state index in [9.17, 15) is 26.5 Å². The van der Waals surface area contributed by atoms with Crippen molar-refractivity contribution in [1.82, 2.24) is 9.97 Å². The largest absolute Gasteiger partial charge is 1.00 e. The Balaban J connectivity index is 0.00000323. The Morgan fingerprint density at radius 3 is 2.23 bits per heavy atom. The molecule has 14 nitrogen and oxygen atoms in total. The van der Waals surface area contributed by atoms with Crippen LogP contribution in [0.2, 0.25) is 15.5 Å². The second kappa shape index (κ2) is 15.8. The van der Waals surface area contributed by atoms with Crippen LogP contribution in [-0.2, 0) is 24.7 Å². The van der Waals surface area contributed by atoms with Gasteiger partial charge in [-0.15, -0.1) is 5.11 Å². The summed E-state index contributed by atoms with van der Waals surface area (Å²) in [7, 11) is -9.75. The Kier molecular flexibility index (Phi) is 13.9. The summed E-state index contributed by atoms with van der Waals surface area (Å²) in [5.41, 5.74) is -0.215. The van der Waals surface area contributed by atoms with Gasteiger partial charge in [0.2, 0.25) is 5.28 Å². The molecule has 0 aliphatic heterocycles. The summed E-state index contributed by atoms with van der Waals surface area (Å²) in [5, 5.41) is 23.4. The van der Waals surface area contributed by atoms with Crippen molar-refractivity contribution >= 4 is 89.0 Å². The summed E-state index contributed by atoms with van der Waals surface area (Å²) in [4.78, 5) is 6.74. The van der Waals surface area contributed by atoms with Gasteiger partial charge in [-0.25, -0.2) is 17.6 Å². The van der Waals surface area contributed by atoms with Crippen molar-refractivity contribution in [2.75, 3.05) is 18.5 Å². The third-order valence-corrected chi connectivity index (χ3v) is 7.25. The molecule has 0 saturated carbocycles. The molecule has 0 bridgehead atoms. The van der Waals surface area contributed by atoms with E-state index < -0.39 is 43.5 Å². The Morgan fingerprint density at radius 2 is 1.60 bits per heavy atom. The summed E-state index contributed by atoms with van der Waals surface area (Å²) in [6, 6.07) is 10.8. The quantitative estimate of drug-likeness (QED) is 0.0503. The first-order chi connectivity index (χ1) is 19.2. The normalized spacial score (nSPS) is 11.7. The van der Waals surface area contributed by atoms with E-state index in [2.05, 4.69) is 29.7 Å². The summed E-state index contributed by atoms with van der Waals surface area (Å²) in [6.07, 6.45) is 0. The molecule has 43 heavy (non-hydrogen) atoms. The first-order valence-corrected chi connectivity index (χ1v) is 14.8. The number of ether oxygens (including phenoxy) is 1. The van der Waals surface area contributed by atoms with Gasteiger partial charge in [0.05, 0.1) is 16.3 Å². The summed E-state index contributed by atoms with van der Waals surface area (Å²) in [6.45, 7) is -0.636. The fraction of sp³-hybridized carbons (Fsp3) is 0.0909. The molecule has 0 unspecified atom stereocenters. The predicted molar refractivity (Wildman–Crippen MR) is 145 cm³/mol. The van der Waals surface area contributed by atoms with Crippen molar-refractivity contribution in [2.24, 2.45) is 10.2 Å². The molecule has 0 amide bonds. The number of halogens is 3. The number of fused-ring (bicyclic) bond motifs is 1. The van der Waals surface area contributed by atoms with Crippen LogP contribution in [0.4, 0.5) is 22.9 Å². The summed E-state index contributed by atoms with van der Waals surface area (Å²) in [5.74, 6) is -0.543. The van der Waals surface area contributed by atoms with E-state index in [4.69, 9.17) is 44.1 Å². The number of anilines is 2. The third kappa shape index (κ3) is 10.3. The van der Waals surface area contributed by atoms with Gasteiger partial charge in [-0.2, -0.15) is 18.5 Å². The summed E-state index contributed by atoms with van der Waals surface area (Å²) < 4.78 is 75.0. The molecule has 4 aromatic rings. The molecule has 0 aliphatic carbocycles.